The summed E-state index contributed by atoms with van der Waals surface area (Å²) >= 11 is 1.53. The van der Waals surface area contributed by atoms with Crippen LogP contribution in [0.25, 0.3) is 10.8 Å². The highest BCUT2D eigenvalue weighted by atomic mass is 32.2. The third-order valence-electron chi connectivity index (χ3n) is 4.31. The smallest absolute Gasteiger partial charge is 0.240 e. The fourth-order valence-corrected chi connectivity index (χ4v) is 4.83. The molecule has 2 aromatic heterocycles. The number of hydrogen-bond acceptors (Lipinski definition) is 6. The van der Waals surface area contributed by atoms with Gasteiger partial charge in [0.15, 0.2) is 0 Å². The SMILES string of the molecule is Cc1cncc2ccc(S(=O)(=O)N[C@H](C)CNCC(O)c3ccsc3)cc12. The maximum Gasteiger partial charge on any atom is 0.240 e. The minimum absolute atomic E-state index is 0.231. The Kier molecular flexibility index (Phi) is 6.23. The van der Waals surface area contributed by atoms with E-state index in [4.69, 9.17) is 0 Å². The molecule has 0 saturated heterocycles. The third-order valence-corrected chi connectivity index (χ3v) is 6.60. The molecular weight excluding hydrogens is 382 g/mol. The van der Waals surface area contributed by atoms with Gasteiger partial charge in [-0.1, -0.05) is 6.07 Å². The fourth-order valence-electron chi connectivity index (χ4n) is 2.85. The molecule has 0 amide bonds. The van der Waals surface area contributed by atoms with Crippen LogP contribution >= 0.6 is 11.3 Å². The second-order valence-electron chi connectivity index (χ2n) is 6.59. The topological polar surface area (TPSA) is 91.3 Å². The van der Waals surface area contributed by atoms with Crippen LogP contribution in [0.4, 0.5) is 0 Å². The summed E-state index contributed by atoms with van der Waals surface area (Å²) in [6, 6.07) is 6.59. The van der Waals surface area contributed by atoms with E-state index in [-0.39, 0.29) is 10.9 Å². The van der Waals surface area contributed by atoms with E-state index in [1.807, 2.05) is 23.8 Å². The van der Waals surface area contributed by atoms with E-state index >= 15 is 0 Å². The molecule has 27 heavy (non-hydrogen) atoms. The average Bonchev–Trinajstić information content (AvgIpc) is 3.16. The summed E-state index contributed by atoms with van der Waals surface area (Å²) in [7, 11) is -3.63. The van der Waals surface area contributed by atoms with Crippen LogP contribution in [0.1, 0.15) is 24.2 Å². The predicted octanol–water partition coefficient (Wildman–Crippen LogP) is 2.59. The summed E-state index contributed by atoms with van der Waals surface area (Å²) in [6.07, 6.45) is 2.84. The number of nitrogens with one attached hydrogen (secondary N) is 2. The zero-order valence-electron chi connectivity index (χ0n) is 15.2. The van der Waals surface area contributed by atoms with Crippen molar-refractivity contribution in [2.24, 2.45) is 0 Å². The van der Waals surface area contributed by atoms with Crippen LogP contribution in [0.5, 0.6) is 0 Å². The Morgan fingerprint density at radius 2 is 2.04 bits per heavy atom. The number of aliphatic hydroxyl groups is 1. The quantitative estimate of drug-likeness (QED) is 0.536. The monoisotopic (exact) mass is 405 g/mol. The van der Waals surface area contributed by atoms with Crippen LogP contribution in [0.15, 0.2) is 52.3 Å². The van der Waals surface area contributed by atoms with Gasteiger partial charge in [0.25, 0.3) is 0 Å². The van der Waals surface area contributed by atoms with Crippen LogP contribution in [0.3, 0.4) is 0 Å². The summed E-state index contributed by atoms with van der Waals surface area (Å²) in [4.78, 5) is 4.36. The Balaban J connectivity index is 1.61. The number of thiophene rings is 1. The molecule has 2 atom stereocenters. The number of hydrogen-bond donors (Lipinski definition) is 3. The van der Waals surface area contributed by atoms with Gasteiger partial charge in [-0.15, -0.1) is 0 Å². The van der Waals surface area contributed by atoms with Gasteiger partial charge in [-0.2, -0.15) is 11.3 Å². The van der Waals surface area contributed by atoms with E-state index in [2.05, 4.69) is 15.0 Å². The number of pyridine rings is 1. The minimum atomic E-state index is -3.63. The molecule has 0 bridgehead atoms. The highest BCUT2D eigenvalue weighted by Crippen LogP contribution is 2.21. The van der Waals surface area contributed by atoms with Crippen molar-refractivity contribution in [1.29, 1.82) is 0 Å². The van der Waals surface area contributed by atoms with Crippen molar-refractivity contribution in [2.45, 2.75) is 30.9 Å². The molecule has 1 aromatic carbocycles. The number of sulfonamides is 1. The summed E-state index contributed by atoms with van der Waals surface area (Å²) < 4.78 is 28.0. The third kappa shape index (κ3) is 4.91. The van der Waals surface area contributed by atoms with Gasteiger partial charge in [-0.3, -0.25) is 4.98 Å². The van der Waals surface area contributed by atoms with E-state index in [9.17, 15) is 13.5 Å². The molecule has 0 aliphatic heterocycles. The van der Waals surface area contributed by atoms with Gasteiger partial charge in [-0.25, -0.2) is 13.1 Å². The molecule has 144 valence electrons. The molecule has 6 nitrogen and oxygen atoms in total. The lowest BCUT2D eigenvalue weighted by Crippen LogP contribution is -2.40. The first-order chi connectivity index (χ1) is 12.9. The van der Waals surface area contributed by atoms with Crippen molar-refractivity contribution in [1.82, 2.24) is 15.0 Å². The Bertz CT molecular complexity index is 1000. The molecule has 0 fully saturated rings. The van der Waals surface area contributed by atoms with Gasteiger partial charge in [0.05, 0.1) is 11.0 Å². The second kappa shape index (κ2) is 8.45. The Labute approximate surface area is 163 Å². The molecule has 1 unspecified atom stereocenters. The molecule has 0 spiro atoms. The van der Waals surface area contributed by atoms with Gasteiger partial charge in [0.2, 0.25) is 10.0 Å². The van der Waals surface area contributed by atoms with E-state index in [1.165, 1.54) is 11.3 Å². The zero-order valence-corrected chi connectivity index (χ0v) is 16.8. The van der Waals surface area contributed by atoms with E-state index in [0.29, 0.717) is 13.1 Å². The van der Waals surface area contributed by atoms with Crippen molar-refractivity contribution >= 4 is 32.1 Å². The first kappa shape index (κ1) is 19.9. The fraction of sp³-hybridized carbons (Fsp3) is 0.316. The van der Waals surface area contributed by atoms with Crippen LogP contribution < -0.4 is 10.0 Å². The standard InChI is InChI=1S/C19H23N3O3S2/c1-13-8-20-10-15-3-4-17(7-18(13)15)27(24,25)22-14(2)9-21-11-19(23)16-5-6-26-12-16/h3-8,10,12,14,19,21-23H,9,11H2,1-2H3/t14-,19?/m1/s1. The van der Waals surface area contributed by atoms with Crippen molar-refractivity contribution in [3.63, 3.8) is 0 Å². The molecule has 8 heteroatoms. The summed E-state index contributed by atoms with van der Waals surface area (Å²) in [5.74, 6) is 0. The highest BCUT2D eigenvalue weighted by Gasteiger charge is 2.18. The Morgan fingerprint density at radius 3 is 2.78 bits per heavy atom. The van der Waals surface area contributed by atoms with Gasteiger partial charge in [-0.05, 0) is 59.3 Å². The largest absolute Gasteiger partial charge is 0.387 e. The molecule has 0 aliphatic carbocycles. The number of aromatic nitrogens is 1. The van der Waals surface area contributed by atoms with Gasteiger partial charge in [0.1, 0.15) is 0 Å². The first-order valence-corrected chi connectivity index (χ1v) is 11.1. The Morgan fingerprint density at radius 1 is 1.22 bits per heavy atom. The van der Waals surface area contributed by atoms with Crippen molar-refractivity contribution in [3.05, 3.63) is 58.5 Å². The molecular formula is C19H23N3O3S2. The molecule has 0 radical (unpaired) electrons. The highest BCUT2D eigenvalue weighted by molar-refractivity contribution is 7.89. The van der Waals surface area contributed by atoms with Crippen LogP contribution in [0, 0.1) is 6.92 Å². The van der Waals surface area contributed by atoms with Gasteiger partial charge in [0, 0.05) is 36.9 Å². The molecule has 3 aromatic rings. The average molecular weight is 406 g/mol. The number of nitrogens with zero attached hydrogens (tertiary/aromatic N) is 1. The maximum atomic E-state index is 12.7. The number of aryl methyl sites for hydroxylation is 1. The molecule has 3 N–H and O–H groups in total. The van der Waals surface area contributed by atoms with E-state index in [1.54, 1.807) is 37.5 Å². The second-order valence-corrected chi connectivity index (χ2v) is 9.09. The van der Waals surface area contributed by atoms with Crippen molar-refractivity contribution in [2.75, 3.05) is 13.1 Å². The van der Waals surface area contributed by atoms with E-state index < -0.39 is 16.1 Å². The predicted molar refractivity (Wildman–Crippen MR) is 108 cm³/mol. The summed E-state index contributed by atoms with van der Waals surface area (Å²) in [5, 5.41) is 18.8. The molecule has 0 aliphatic rings. The Hall–Kier alpha value is -1.84. The number of aliphatic hydroxyl groups excluding tert-OH is 1. The van der Waals surface area contributed by atoms with Crippen LogP contribution in [-0.4, -0.2) is 37.6 Å². The summed E-state index contributed by atoms with van der Waals surface area (Å²) in [6.45, 7) is 4.48. The molecule has 2 heterocycles. The van der Waals surface area contributed by atoms with Gasteiger partial charge >= 0.3 is 0 Å². The molecule has 3 rings (SSSR count). The summed E-state index contributed by atoms with van der Waals surface area (Å²) in [5.41, 5.74) is 1.79. The number of benzene rings is 1. The van der Waals surface area contributed by atoms with Crippen molar-refractivity contribution < 1.29 is 13.5 Å². The van der Waals surface area contributed by atoms with Crippen LogP contribution in [0.2, 0.25) is 0 Å². The van der Waals surface area contributed by atoms with E-state index in [0.717, 1.165) is 21.9 Å². The van der Waals surface area contributed by atoms with Crippen LogP contribution in [-0.2, 0) is 10.0 Å². The lowest BCUT2D eigenvalue weighted by molar-refractivity contribution is 0.174. The number of fused-ring (bicyclic) bond motifs is 1. The molecule has 0 saturated carbocycles. The lowest BCUT2D eigenvalue weighted by atomic mass is 10.1. The first-order valence-electron chi connectivity index (χ1n) is 8.64. The lowest BCUT2D eigenvalue weighted by Gasteiger charge is -2.17. The van der Waals surface area contributed by atoms with Gasteiger partial charge < -0.3 is 10.4 Å². The van der Waals surface area contributed by atoms with Crippen molar-refractivity contribution in [3.8, 4) is 0 Å². The minimum Gasteiger partial charge on any atom is -0.387 e. The zero-order chi connectivity index (χ0) is 19.4. The number of rotatable bonds is 8. The maximum absolute atomic E-state index is 12.7. The normalized spacial score (nSPS) is 14.3.